The normalized spacial score (nSPS) is 14.3. The monoisotopic (exact) mass is 589 g/mol. The van der Waals surface area contributed by atoms with Gasteiger partial charge in [-0.3, -0.25) is 14.5 Å². The molecule has 0 fully saturated rings. The van der Waals surface area contributed by atoms with Crippen LogP contribution in [0.4, 0.5) is 5.69 Å². The van der Waals surface area contributed by atoms with Crippen LogP contribution in [-0.4, -0.2) is 32.2 Å². The standard InChI is InChI=1S/C30H24BrNO7/c1-4-14-38-23-12-8-18(15-24(23)36-3)26-25-27(33)21-16-19(31)9-13-22(21)39-28(25)29(34)32(26)20-10-6-17(7-11-20)30(35)37-5-2/h4,6-13,15-16,26H,1,5,14H2,2-3H3. The van der Waals surface area contributed by atoms with E-state index in [0.717, 1.165) is 0 Å². The summed E-state index contributed by atoms with van der Waals surface area (Å²) in [6.45, 7) is 5.92. The first-order valence-corrected chi connectivity index (χ1v) is 13.0. The maximum absolute atomic E-state index is 13.9. The van der Waals surface area contributed by atoms with Gasteiger partial charge in [0.1, 0.15) is 12.2 Å². The first-order chi connectivity index (χ1) is 18.9. The molecule has 9 heteroatoms. The van der Waals surface area contributed by atoms with Gasteiger partial charge in [0.05, 0.1) is 36.3 Å². The van der Waals surface area contributed by atoms with Gasteiger partial charge in [-0.1, -0.05) is 34.7 Å². The molecular formula is C30H24BrNO7. The first-order valence-electron chi connectivity index (χ1n) is 12.2. The molecular weight excluding hydrogens is 566 g/mol. The van der Waals surface area contributed by atoms with E-state index in [1.807, 2.05) is 0 Å². The Bertz CT molecular complexity index is 1660. The fraction of sp³-hybridized carbons (Fsp3) is 0.167. The van der Waals surface area contributed by atoms with Crippen molar-refractivity contribution < 1.29 is 28.2 Å². The number of amides is 1. The summed E-state index contributed by atoms with van der Waals surface area (Å²) < 4.78 is 23.1. The lowest BCUT2D eigenvalue weighted by Crippen LogP contribution is -2.29. The second-order valence-electron chi connectivity index (χ2n) is 8.67. The van der Waals surface area contributed by atoms with Crippen molar-refractivity contribution in [1.29, 1.82) is 0 Å². The Hall–Kier alpha value is -4.37. The van der Waals surface area contributed by atoms with Crippen LogP contribution in [0.5, 0.6) is 11.5 Å². The summed E-state index contributed by atoms with van der Waals surface area (Å²) in [4.78, 5) is 41.4. The van der Waals surface area contributed by atoms with Crippen molar-refractivity contribution in [3.8, 4) is 11.5 Å². The Morgan fingerprint density at radius 1 is 1.08 bits per heavy atom. The molecule has 0 spiro atoms. The number of halogens is 1. The van der Waals surface area contributed by atoms with Crippen molar-refractivity contribution in [2.45, 2.75) is 13.0 Å². The highest BCUT2D eigenvalue weighted by Gasteiger charge is 2.44. The summed E-state index contributed by atoms with van der Waals surface area (Å²) in [5.74, 6) is -0.0663. The lowest BCUT2D eigenvalue weighted by molar-refractivity contribution is 0.0526. The molecule has 1 unspecified atom stereocenters. The van der Waals surface area contributed by atoms with Crippen LogP contribution in [0.2, 0.25) is 0 Å². The Morgan fingerprint density at radius 3 is 2.54 bits per heavy atom. The zero-order valence-corrected chi connectivity index (χ0v) is 22.8. The van der Waals surface area contributed by atoms with Gasteiger partial charge < -0.3 is 18.6 Å². The zero-order chi connectivity index (χ0) is 27.7. The van der Waals surface area contributed by atoms with Crippen LogP contribution in [-0.2, 0) is 4.74 Å². The van der Waals surface area contributed by atoms with Gasteiger partial charge in [-0.05, 0) is 67.1 Å². The molecule has 0 saturated carbocycles. The lowest BCUT2D eigenvalue weighted by atomic mass is 9.97. The second-order valence-corrected chi connectivity index (χ2v) is 9.59. The highest BCUT2D eigenvalue weighted by molar-refractivity contribution is 9.10. The number of anilines is 1. The molecule has 3 aromatic carbocycles. The van der Waals surface area contributed by atoms with Crippen LogP contribution in [0.3, 0.4) is 0 Å². The molecule has 0 N–H and O–H groups in total. The number of rotatable bonds is 8. The molecule has 0 bridgehead atoms. The molecule has 5 rings (SSSR count). The molecule has 8 nitrogen and oxygen atoms in total. The van der Waals surface area contributed by atoms with Gasteiger partial charge in [0, 0.05) is 10.2 Å². The SMILES string of the molecule is C=CCOc1ccc(C2c3c(oc4ccc(Br)cc4c3=O)C(=O)N2c2ccc(C(=O)OCC)cc2)cc1OC. The number of methoxy groups -OCH3 is 1. The Morgan fingerprint density at radius 2 is 1.85 bits per heavy atom. The molecule has 1 amide bonds. The number of carbonyl (C=O) groups excluding carboxylic acids is 2. The smallest absolute Gasteiger partial charge is 0.338 e. The van der Waals surface area contributed by atoms with E-state index in [4.69, 9.17) is 18.6 Å². The highest BCUT2D eigenvalue weighted by Crippen LogP contribution is 2.43. The maximum atomic E-state index is 13.9. The minimum absolute atomic E-state index is 0.0414. The van der Waals surface area contributed by atoms with Crippen molar-refractivity contribution in [3.05, 3.63) is 110 Å². The van der Waals surface area contributed by atoms with Crippen LogP contribution >= 0.6 is 15.9 Å². The van der Waals surface area contributed by atoms with Crippen molar-refractivity contribution in [2.24, 2.45) is 0 Å². The van der Waals surface area contributed by atoms with Crippen LogP contribution in [0.25, 0.3) is 11.0 Å². The Kier molecular flexibility index (Phi) is 7.26. The highest BCUT2D eigenvalue weighted by atomic mass is 79.9. The summed E-state index contributed by atoms with van der Waals surface area (Å²) in [6.07, 6.45) is 1.62. The average Bonchev–Trinajstić information content (AvgIpc) is 3.24. The maximum Gasteiger partial charge on any atom is 0.338 e. The second kappa shape index (κ2) is 10.8. The molecule has 1 aliphatic heterocycles. The number of benzene rings is 3. The summed E-state index contributed by atoms with van der Waals surface area (Å²) >= 11 is 3.41. The predicted octanol–water partition coefficient (Wildman–Crippen LogP) is 6.06. The van der Waals surface area contributed by atoms with Gasteiger partial charge in [0.15, 0.2) is 16.9 Å². The van der Waals surface area contributed by atoms with Gasteiger partial charge in [0.2, 0.25) is 5.76 Å². The van der Waals surface area contributed by atoms with Crippen LogP contribution in [0.15, 0.2) is 87.0 Å². The van der Waals surface area contributed by atoms with Gasteiger partial charge in [0.25, 0.3) is 5.91 Å². The fourth-order valence-electron chi connectivity index (χ4n) is 4.62. The topological polar surface area (TPSA) is 95.3 Å². The Balaban J connectivity index is 1.70. The summed E-state index contributed by atoms with van der Waals surface area (Å²) in [5, 5.41) is 0.346. The van der Waals surface area contributed by atoms with Gasteiger partial charge in [-0.25, -0.2) is 4.79 Å². The van der Waals surface area contributed by atoms with Gasteiger partial charge in [-0.2, -0.15) is 0 Å². The van der Waals surface area contributed by atoms with E-state index >= 15 is 0 Å². The fourth-order valence-corrected chi connectivity index (χ4v) is 4.98. The zero-order valence-electron chi connectivity index (χ0n) is 21.2. The molecule has 4 aromatic rings. The number of hydrogen-bond donors (Lipinski definition) is 0. The van der Waals surface area contributed by atoms with Crippen molar-refractivity contribution >= 4 is 44.5 Å². The van der Waals surface area contributed by atoms with E-state index in [1.54, 1.807) is 73.7 Å². The quantitative estimate of drug-likeness (QED) is 0.182. The van der Waals surface area contributed by atoms with Crippen molar-refractivity contribution in [2.75, 3.05) is 25.2 Å². The molecule has 1 aliphatic rings. The molecule has 1 aromatic heterocycles. The molecule has 198 valence electrons. The van der Waals surface area contributed by atoms with E-state index in [-0.39, 0.29) is 30.0 Å². The van der Waals surface area contributed by atoms with Crippen LogP contribution in [0, 0.1) is 0 Å². The van der Waals surface area contributed by atoms with Gasteiger partial charge >= 0.3 is 5.97 Å². The largest absolute Gasteiger partial charge is 0.493 e. The van der Waals surface area contributed by atoms with Crippen molar-refractivity contribution in [3.63, 3.8) is 0 Å². The number of ether oxygens (including phenoxy) is 3. The van der Waals surface area contributed by atoms with E-state index in [0.29, 0.717) is 43.8 Å². The van der Waals surface area contributed by atoms with Crippen LogP contribution in [0.1, 0.15) is 45.0 Å². The Labute approximate surface area is 232 Å². The van der Waals surface area contributed by atoms with Crippen molar-refractivity contribution in [1.82, 2.24) is 0 Å². The summed E-state index contributed by atoms with van der Waals surface area (Å²) in [5.41, 5.74) is 1.63. The molecule has 2 heterocycles. The molecule has 0 saturated heterocycles. The predicted molar refractivity (Wildman–Crippen MR) is 150 cm³/mol. The minimum atomic E-state index is -0.831. The number of fused-ring (bicyclic) bond motifs is 2. The van der Waals surface area contributed by atoms with E-state index < -0.39 is 17.9 Å². The van der Waals surface area contributed by atoms with E-state index in [9.17, 15) is 14.4 Å². The van der Waals surface area contributed by atoms with E-state index in [1.165, 1.54) is 12.0 Å². The number of esters is 1. The number of nitrogens with zero attached hydrogens (tertiary/aromatic N) is 1. The minimum Gasteiger partial charge on any atom is -0.493 e. The van der Waals surface area contributed by atoms with Crippen LogP contribution < -0.4 is 19.8 Å². The molecule has 1 atom stereocenters. The number of hydrogen-bond acceptors (Lipinski definition) is 7. The third-order valence-corrected chi connectivity index (χ3v) is 6.84. The summed E-state index contributed by atoms with van der Waals surface area (Å²) in [6, 6.07) is 15.9. The third kappa shape index (κ3) is 4.70. The number of carbonyl (C=O) groups is 2. The van der Waals surface area contributed by atoms with E-state index in [2.05, 4.69) is 22.5 Å². The average molecular weight is 590 g/mol. The lowest BCUT2D eigenvalue weighted by Gasteiger charge is -2.26. The first kappa shape index (κ1) is 26.2. The molecule has 39 heavy (non-hydrogen) atoms. The molecule has 0 radical (unpaired) electrons. The van der Waals surface area contributed by atoms with Gasteiger partial charge in [-0.15, -0.1) is 0 Å². The summed E-state index contributed by atoms with van der Waals surface area (Å²) in [7, 11) is 1.51. The third-order valence-electron chi connectivity index (χ3n) is 6.35. The molecule has 0 aliphatic carbocycles.